The third-order valence-electron chi connectivity index (χ3n) is 1.89. The summed E-state index contributed by atoms with van der Waals surface area (Å²) in [5, 5.41) is 2.41. The monoisotopic (exact) mass is 328 g/mol. The van der Waals surface area contributed by atoms with E-state index in [2.05, 4.69) is 0 Å². The summed E-state index contributed by atoms with van der Waals surface area (Å²) in [5.74, 6) is -0.787. The molecular weight excluding hydrogens is 324 g/mol. The lowest BCUT2D eigenvalue weighted by Crippen LogP contribution is -1.92. The molecule has 2 rings (SSSR count). The van der Waals surface area contributed by atoms with E-state index in [1.54, 1.807) is 11.4 Å². The lowest BCUT2D eigenvalue weighted by molar-refractivity contribution is 0.146. The predicted molar refractivity (Wildman–Crippen MR) is 59.5 cm³/mol. The fourth-order valence-corrected chi connectivity index (χ4v) is 3.07. The Balaban J connectivity index is 2.82. The molecule has 1 aromatic heterocycles. The fraction of sp³-hybridized carbons (Fsp3) is 0.111. The molecule has 0 spiro atoms. The first-order valence-corrected chi connectivity index (χ1v) is 5.70. The van der Waals surface area contributed by atoms with Gasteiger partial charge in [-0.3, -0.25) is 0 Å². The van der Waals surface area contributed by atoms with Crippen molar-refractivity contribution < 1.29 is 13.2 Å². The summed E-state index contributed by atoms with van der Waals surface area (Å²) in [5.41, 5.74) is -0.510. The number of halogens is 4. The van der Waals surface area contributed by atoms with Gasteiger partial charge in [-0.1, -0.05) is 0 Å². The number of hydrogen-bond acceptors (Lipinski definition) is 1. The Bertz CT molecular complexity index is 478. The first kappa shape index (κ1) is 10.2. The zero-order valence-corrected chi connectivity index (χ0v) is 9.70. The number of benzene rings is 1. The van der Waals surface area contributed by atoms with Gasteiger partial charge in [-0.15, -0.1) is 11.3 Å². The first-order valence-electron chi connectivity index (χ1n) is 3.74. The Kier molecular flexibility index (Phi) is 2.70. The molecule has 1 aromatic carbocycles. The average Bonchev–Trinajstić information content (AvgIpc) is 2.59. The normalized spacial score (nSPS) is 11.5. The van der Waals surface area contributed by atoms with Gasteiger partial charge in [0.15, 0.2) is 0 Å². The van der Waals surface area contributed by atoms with Crippen LogP contribution in [0.1, 0.15) is 12.0 Å². The minimum absolute atomic E-state index is 0.312. The van der Waals surface area contributed by atoms with Gasteiger partial charge in [-0.2, -0.15) is 0 Å². The van der Waals surface area contributed by atoms with Crippen LogP contribution in [0.25, 0.3) is 10.1 Å². The molecule has 0 fully saturated rings. The summed E-state index contributed by atoms with van der Waals surface area (Å²) >= 11 is 3.08. The molecule has 0 radical (unpaired) electrons. The Morgan fingerprint density at radius 2 is 2.07 bits per heavy atom. The lowest BCUT2D eigenvalue weighted by atomic mass is 10.2. The van der Waals surface area contributed by atoms with Crippen molar-refractivity contribution in [2.75, 3.05) is 0 Å². The zero-order chi connectivity index (χ0) is 10.3. The Hall–Kier alpha value is -0.300. The standard InChI is InChI=1S/C9H4F3IS/c10-7-5(9(11)12)3-6(13)4-1-2-14-8(4)7/h1-3,9H. The topological polar surface area (TPSA) is 0 Å². The van der Waals surface area contributed by atoms with Gasteiger partial charge in [0.1, 0.15) is 5.82 Å². The van der Waals surface area contributed by atoms with Crippen molar-refractivity contribution in [1.29, 1.82) is 0 Å². The number of thiophene rings is 1. The Labute approximate surface area is 95.9 Å². The van der Waals surface area contributed by atoms with E-state index in [4.69, 9.17) is 0 Å². The predicted octanol–water partition coefficient (Wildman–Crippen LogP) is 4.58. The molecule has 14 heavy (non-hydrogen) atoms. The van der Waals surface area contributed by atoms with Crippen molar-refractivity contribution >= 4 is 44.0 Å². The molecule has 74 valence electrons. The smallest absolute Gasteiger partial charge is 0.205 e. The highest BCUT2D eigenvalue weighted by molar-refractivity contribution is 14.1. The maximum absolute atomic E-state index is 13.5. The van der Waals surface area contributed by atoms with E-state index < -0.39 is 17.8 Å². The number of alkyl halides is 2. The molecule has 0 unspecified atom stereocenters. The molecule has 0 atom stereocenters. The number of rotatable bonds is 1. The van der Waals surface area contributed by atoms with Crippen LogP contribution >= 0.6 is 33.9 Å². The van der Waals surface area contributed by atoms with Crippen molar-refractivity contribution in [2.24, 2.45) is 0 Å². The minimum atomic E-state index is -2.75. The van der Waals surface area contributed by atoms with Crippen LogP contribution in [0.15, 0.2) is 17.5 Å². The molecule has 0 nitrogen and oxygen atoms in total. The summed E-state index contributed by atoms with van der Waals surface area (Å²) in [6, 6.07) is 2.94. The second-order valence-corrected chi connectivity index (χ2v) is 4.80. The van der Waals surface area contributed by atoms with Crippen LogP contribution in [0.2, 0.25) is 0 Å². The van der Waals surface area contributed by atoms with Crippen molar-refractivity contribution in [2.45, 2.75) is 6.43 Å². The fourth-order valence-electron chi connectivity index (χ4n) is 1.23. The first-order chi connectivity index (χ1) is 6.61. The largest absolute Gasteiger partial charge is 0.266 e. The third-order valence-corrected chi connectivity index (χ3v) is 3.69. The van der Waals surface area contributed by atoms with E-state index >= 15 is 0 Å². The molecular formula is C9H4F3IS. The van der Waals surface area contributed by atoms with Gasteiger partial charge in [0, 0.05) is 8.96 Å². The highest BCUT2D eigenvalue weighted by atomic mass is 127. The summed E-state index contributed by atoms with van der Waals surface area (Å²) in [4.78, 5) is 0. The highest BCUT2D eigenvalue weighted by Gasteiger charge is 2.18. The molecule has 0 saturated heterocycles. The van der Waals surface area contributed by atoms with Gasteiger partial charge in [-0.05, 0) is 40.1 Å². The molecule has 0 aliphatic heterocycles. The van der Waals surface area contributed by atoms with Crippen molar-refractivity contribution in [1.82, 2.24) is 0 Å². The van der Waals surface area contributed by atoms with Crippen LogP contribution in [0, 0.1) is 9.39 Å². The van der Waals surface area contributed by atoms with Gasteiger partial charge in [0.2, 0.25) is 0 Å². The van der Waals surface area contributed by atoms with Crippen LogP contribution in [0.4, 0.5) is 13.2 Å². The van der Waals surface area contributed by atoms with Crippen molar-refractivity contribution in [3.05, 3.63) is 32.5 Å². The summed E-state index contributed by atoms with van der Waals surface area (Å²) in [6.45, 7) is 0. The molecule has 0 amide bonds. The van der Waals surface area contributed by atoms with Crippen LogP contribution < -0.4 is 0 Å². The SMILES string of the molecule is Fc1c(C(F)F)cc(I)c2ccsc12. The second-order valence-electron chi connectivity index (χ2n) is 2.73. The van der Waals surface area contributed by atoms with Crippen LogP contribution in [-0.4, -0.2) is 0 Å². The van der Waals surface area contributed by atoms with Gasteiger partial charge in [-0.25, -0.2) is 13.2 Å². The quantitative estimate of drug-likeness (QED) is 0.672. The lowest BCUT2D eigenvalue weighted by Gasteiger charge is -2.04. The molecule has 0 N–H and O–H groups in total. The van der Waals surface area contributed by atoms with Gasteiger partial charge < -0.3 is 0 Å². The van der Waals surface area contributed by atoms with E-state index in [0.717, 1.165) is 11.3 Å². The van der Waals surface area contributed by atoms with E-state index in [-0.39, 0.29) is 0 Å². The molecule has 1 heterocycles. The molecule has 0 aliphatic carbocycles. The van der Waals surface area contributed by atoms with E-state index in [1.165, 1.54) is 6.07 Å². The maximum Gasteiger partial charge on any atom is 0.266 e. The van der Waals surface area contributed by atoms with Crippen LogP contribution in [0.3, 0.4) is 0 Å². The molecule has 5 heteroatoms. The molecule has 0 bridgehead atoms. The Morgan fingerprint density at radius 1 is 1.36 bits per heavy atom. The minimum Gasteiger partial charge on any atom is -0.205 e. The van der Waals surface area contributed by atoms with Crippen LogP contribution in [-0.2, 0) is 0 Å². The van der Waals surface area contributed by atoms with E-state index in [1.807, 2.05) is 22.6 Å². The van der Waals surface area contributed by atoms with Gasteiger partial charge in [0.05, 0.1) is 10.3 Å². The highest BCUT2D eigenvalue weighted by Crippen LogP contribution is 2.34. The summed E-state index contributed by atoms with van der Waals surface area (Å²) in [6.07, 6.45) is -2.75. The zero-order valence-electron chi connectivity index (χ0n) is 6.73. The van der Waals surface area contributed by atoms with Gasteiger partial charge in [0.25, 0.3) is 6.43 Å². The van der Waals surface area contributed by atoms with Crippen molar-refractivity contribution in [3.63, 3.8) is 0 Å². The second kappa shape index (κ2) is 3.69. The van der Waals surface area contributed by atoms with E-state index in [9.17, 15) is 13.2 Å². The van der Waals surface area contributed by atoms with Gasteiger partial charge >= 0.3 is 0 Å². The molecule has 0 aliphatic rings. The van der Waals surface area contributed by atoms with Crippen molar-refractivity contribution in [3.8, 4) is 0 Å². The number of fused-ring (bicyclic) bond motifs is 1. The Morgan fingerprint density at radius 3 is 2.71 bits per heavy atom. The summed E-state index contributed by atoms with van der Waals surface area (Å²) < 4.78 is 39.2. The van der Waals surface area contributed by atoms with Crippen LogP contribution in [0.5, 0.6) is 0 Å². The molecule has 2 aromatic rings. The molecule has 0 saturated carbocycles. The third kappa shape index (κ3) is 1.52. The number of hydrogen-bond donors (Lipinski definition) is 0. The summed E-state index contributed by atoms with van der Waals surface area (Å²) in [7, 11) is 0. The van der Waals surface area contributed by atoms with E-state index in [0.29, 0.717) is 13.7 Å². The average molecular weight is 328 g/mol. The maximum atomic E-state index is 13.5.